The molecule has 0 N–H and O–H groups in total. The summed E-state index contributed by atoms with van der Waals surface area (Å²) in [5.74, 6) is 0.135. The van der Waals surface area contributed by atoms with Gasteiger partial charge >= 0.3 is 0 Å². The lowest BCUT2D eigenvalue weighted by atomic mass is 10.1. The van der Waals surface area contributed by atoms with Gasteiger partial charge in [-0.3, -0.25) is 4.79 Å². The number of halogens is 2. The van der Waals surface area contributed by atoms with E-state index < -0.39 is 0 Å². The summed E-state index contributed by atoms with van der Waals surface area (Å²) in [4.78, 5) is 13.9. The maximum absolute atomic E-state index is 12.2. The lowest BCUT2D eigenvalue weighted by molar-refractivity contribution is -0.135. The van der Waals surface area contributed by atoms with Gasteiger partial charge in [0.25, 0.3) is 0 Å². The van der Waals surface area contributed by atoms with Crippen LogP contribution in [0.4, 0.5) is 0 Å². The first kappa shape index (κ1) is 13.0. The Labute approximate surface area is 108 Å². The highest BCUT2D eigenvalue weighted by atomic mass is 79.9. The van der Waals surface area contributed by atoms with Gasteiger partial charge in [0.2, 0.25) is 5.91 Å². The molecule has 1 aliphatic rings. The predicted molar refractivity (Wildman–Crippen MR) is 70.3 cm³/mol. The van der Waals surface area contributed by atoms with E-state index >= 15 is 0 Å². The third-order valence-corrected chi connectivity index (χ3v) is 5.03. The number of nitrogens with zero attached hydrogens (tertiary/aromatic N) is 1. The highest BCUT2D eigenvalue weighted by Crippen LogP contribution is 2.66. The van der Waals surface area contributed by atoms with Crippen molar-refractivity contribution >= 4 is 37.8 Å². The molecule has 0 unspecified atom stereocenters. The van der Waals surface area contributed by atoms with Crippen molar-refractivity contribution in [1.29, 1.82) is 0 Å². The largest absolute Gasteiger partial charge is 0.335 e. The van der Waals surface area contributed by atoms with Gasteiger partial charge < -0.3 is 4.90 Å². The molecule has 84 valence electrons. The Hall–Kier alpha value is -0.0900. The summed E-state index contributed by atoms with van der Waals surface area (Å²) >= 11 is 6.99. The molecule has 0 aromatic rings. The molecule has 0 aromatic heterocycles. The van der Waals surface area contributed by atoms with Gasteiger partial charge in [-0.15, -0.1) is 13.2 Å². The molecular formula is C11H15Br2NO. The fourth-order valence-corrected chi connectivity index (χ4v) is 2.99. The van der Waals surface area contributed by atoms with Crippen LogP contribution in [0.1, 0.15) is 13.3 Å². The van der Waals surface area contributed by atoms with Crippen LogP contribution in [0.25, 0.3) is 0 Å². The number of rotatable bonds is 5. The van der Waals surface area contributed by atoms with Crippen LogP contribution in [0, 0.1) is 5.41 Å². The smallest absolute Gasteiger partial charge is 0.231 e. The van der Waals surface area contributed by atoms with Crippen molar-refractivity contribution in [3.05, 3.63) is 25.3 Å². The number of hydrogen-bond acceptors (Lipinski definition) is 1. The standard InChI is InChI=1S/C11H15Br2NO/c1-4-6-14(7-5-2)9(15)10(3)8-11(10,12)13/h4-5H,1-2,6-8H2,3H3/t10-/m1/s1. The lowest BCUT2D eigenvalue weighted by Gasteiger charge is -2.24. The Bertz CT molecular complexity index is 291. The second-order valence-corrected chi connectivity index (χ2v) is 7.77. The summed E-state index contributed by atoms with van der Waals surface area (Å²) in [6, 6.07) is 0. The first-order chi connectivity index (χ1) is 6.89. The summed E-state index contributed by atoms with van der Waals surface area (Å²) in [5, 5.41) is 0. The van der Waals surface area contributed by atoms with Crippen LogP contribution in [0.3, 0.4) is 0 Å². The van der Waals surface area contributed by atoms with Gasteiger partial charge in [-0.2, -0.15) is 0 Å². The minimum Gasteiger partial charge on any atom is -0.335 e. The van der Waals surface area contributed by atoms with Gasteiger partial charge in [0.1, 0.15) is 0 Å². The maximum atomic E-state index is 12.2. The van der Waals surface area contributed by atoms with Gasteiger partial charge in [-0.25, -0.2) is 0 Å². The van der Waals surface area contributed by atoms with E-state index in [9.17, 15) is 4.79 Å². The Morgan fingerprint density at radius 1 is 1.40 bits per heavy atom. The molecule has 1 fully saturated rings. The summed E-state index contributed by atoms with van der Waals surface area (Å²) < 4.78 is -0.231. The molecule has 1 aliphatic carbocycles. The number of amides is 1. The second-order valence-electron chi connectivity index (χ2n) is 4.00. The molecule has 1 saturated carbocycles. The zero-order chi connectivity index (χ0) is 11.7. The van der Waals surface area contributed by atoms with Crippen LogP contribution >= 0.6 is 31.9 Å². The maximum Gasteiger partial charge on any atom is 0.231 e. The van der Waals surface area contributed by atoms with E-state index in [0.717, 1.165) is 6.42 Å². The van der Waals surface area contributed by atoms with E-state index in [2.05, 4.69) is 45.0 Å². The van der Waals surface area contributed by atoms with Gasteiger partial charge in [0.05, 0.1) is 8.65 Å². The Morgan fingerprint density at radius 2 is 1.80 bits per heavy atom. The summed E-state index contributed by atoms with van der Waals surface area (Å²) in [7, 11) is 0. The molecular weight excluding hydrogens is 322 g/mol. The third kappa shape index (κ3) is 2.36. The van der Waals surface area contributed by atoms with Crippen molar-refractivity contribution in [3.8, 4) is 0 Å². The summed E-state index contributed by atoms with van der Waals surface area (Å²) in [5.41, 5.74) is -0.348. The van der Waals surface area contributed by atoms with Crippen molar-refractivity contribution in [2.45, 2.75) is 16.6 Å². The van der Waals surface area contributed by atoms with Crippen molar-refractivity contribution < 1.29 is 4.79 Å². The number of hydrogen-bond donors (Lipinski definition) is 0. The first-order valence-corrected chi connectivity index (χ1v) is 6.36. The molecule has 15 heavy (non-hydrogen) atoms. The van der Waals surface area contributed by atoms with Gasteiger partial charge in [-0.1, -0.05) is 44.0 Å². The van der Waals surface area contributed by atoms with E-state index in [1.807, 2.05) is 6.92 Å². The SMILES string of the molecule is C=CCN(CC=C)C(=O)[C@@]1(C)CC1(Br)Br. The zero-order valence-corrected chi connectivity index (χ0v) is 12.0. The average molecular weight is 337 g/mol. The van der Waals surface area contributed by atoms with E-state index in [-0.39, 0.29) is 14.6 Å². The van der Waals surface area contributed by atoms with Crippen LogP contribution in [0.5, 0.6) is 0 Å². The van der Waals surface area contributed by atoms with E-state index in [1.165, 1.54) is 0 Å². The minimum absolute atomic E-state index is 0.135. The quantitative estimate of drug-likeness (QED) is 0.558. The van der Waals surface area contributed by atoms with E-state index in [4.69, 9.17) is 0 Å². The van der Waals surface area contributed by atoms with Crippen molar-refractivity contribution in [2.24, 2.45) is 5.41 Å². The molecule has 1 rings (SSSR count). The lowest BCUT2D eigenvalue weighted by Crippen LogP contribution is -2.38. The number of alkyl halides is 2. The van der Waals surface area contributed by atoms with Gasteiger partial charge in [-0.05, 0) is 13.3 Å². The molecule has 2 nitrogen and oxygen atoms in total. The van der Waals surface area contributed by atoms with Crippen molar-refractivity contribution in [3.63, 3.8) is 0 Å². The molecule has 0 spiro atoms. The number of carbonyl (C=O) groups is 1. The van der Waals surface area contributed by atoms with Crippen LogP contribution < -0.4 is 0 Å². The molecule has 0 saturated heterocycles. The van der Waals surface area contributed by atoms with E-state index in [0.29, 0.717) is 13.1 Å². The fourth-order valence-electron chi connectivity index (χ4n) is 1.53. The minimum atomic E-state index is -0.348. The van der Waals surface area contributed by atoms with Crippen molar-refractivity contribution in [2.75, 3.05) is 13.1 Å². The predicted octanol–water partition coefficient (Wildman–Crippen LogP) is 3.08. The zero-order valence-electron chi connectivity index (χ0n) is 8.80. The second kappa shape index (κ2) is 4.42. The number of carbonyl (C=O) groups excluding carboxylic acids is 1. The Morgan fingerprint density at radius 3 is 2.07 bits per heavy atom. The van der Waals surface area contributed by atoms with Gasteiger partial charge in [0.15, 0.2) is 0 Å². The topological polar surface area (TPSA) is 20.3 Å². The van der Waals surface area contributed by atoms with Crippen LogP contribution in [0.2, 0.25) is 0 Å². The van der Waals surface area contributed by atoms with Crippen molar-refractivity contribution in [1.82, 2.24) is 4.90 Å². The molecule has 0 bridgehead atoms. The first-order valence-electron chi connectivity index (χ1n) is 4.78. The monoisotopic (exact) mass is 335 g/mol. The molecule has 0 aromatic carbocycles. The van der Waals surface area contributed by atoms with Crippen LogP contribution in [0.15, 0.2) is 25.3 Å². The van der Waals surface area contributed by atoms with E-state index in [1.54, 1.807) is 17.1 Å². The van der Waals surface area contributed by atoms with Crippen LogP contribution in [-0.4, -0.2) is 27.1 Å². The molecule has 0 heterocycles. The Kier molecular flexibility index (Phi) is 3.82. The average Bonchev–Trinajstić information content (AvgIpc) is 2.66. The van der Waals surface area contributed by atoms with Crippen LogP contribution in [-0.2, 0) is 4.79 Å². The molecule has 0 radical (unpaired) electrons. The third-order valence-electron chi connectivity index (χ3n) is 2.72. The molecule has 1 amide bonds. The highest BCUT2D eigenvalue weighted by Gasteiger charge is 2.67. The summed E-state index contributed by atoms with van der Waals surface area (Å²) in [6.07, 6.45) is 4.28. The molecule has 1 atom stereocenters. The highest BCUT2D eigenvalue weighted by molar-refractivity contribution is 9.25. The Balaban J connectivity index is 2.73. The molecule has 0 aliphatic heterocycles. The normalized spacial score (nSPS) is 26.9. The summed E-state index contributed by atoms with van der Waals surface area (Å²) in [6.45, 7) is 10.4. The molecule has 4 heteroatoms. The van der Waals surface area contributed by atoms with Gasteiger partial charge in [0, 0.05) is 13.1 Å². The fraction of sp³-hybridized carbons (Fsp3) is 0.545.